The maximum absolute atomic E-state index is 13.3. The molecule has 1 aromatic heterocycles. The molecule has 0 fully saturated rings. The van der Waals surface area contributed by atoms with Crippen molar-refractivity contribution in [3.05, 3.63) is 84.2 Å². The quantitative estimate of drug-likeness (QED) is 0.792. The molecule has 0 bridgehead atoms. The van der Waals surface area contributed by atoms with Crippen LogP contribution in [0.2, 0.25) is 0 Å². The monoisotopic (exact) mass is 331 g/mol. The van der Waals surface area contributed by atoms with Crippen molar-refractivity contribution < 1.29 is 9.53 Å². The smallest absolute Gasteiger partial charge is 0.262 e. The summed E-state index contributed by atoms with van der Waals surface area (Å²) in [7, 11) is 1.60. The molecule has 25 heavy (non-hydrogen) atoms. The van der Waals surface area contributed by atoms with Gasteiger partial charge in [0.25, 0.3) is 5.91 Å². The van der Waals surface area contributed by atoms with E-state index in [1.807, 2.05) is 60.7 Å². The van der Waals surface area contributed by atoms with E-state index in [-0.39, 0.29) is 12.1 Å². The van der Waals surface area contributed by atoms with Crippen molar-refractivity contribution in [2.75, 3.05) is 17.3 Å². The Morgan fingerprint density at radius 3 is 2.64 bits per heavy atom. The number of para-hydroxylation sites is 3. The zero-order valence-electron chi connectivity index (χ0n) is 13.7. The predicted octanol–water partition coefficient (Wildman–Crippen LogP) is 3.86. The number of hydrogen-bond acceptors (Lipinski definition) is 4. The SMILES string of the molecule is COc1ccccc1N1C(=O)c2ccccc2NC1c1cccnc1. The molecule has 1 aliphatic heterocycles. The number of carbonyl (C=O) groups excluding carboxylic acids is 1. The highest BCUT2D eigenvalue weighted by Crippen LogP contribution is 2.40. The van der Waals surface area contributed by atoms with Crippen molar-refractivity contribution in [1.82, 2.24) is 4.98 Å². The zero-order chi connectivity index (χ0) is 17.2. The van der Waals surface area contributed by atoms with E-state index in [0.717, 1.165) is 11.3 Å². The van der Waals surface area contributed by atoms with Crippen molar-refractivity contribution >= 4 is 17.3 Å². The second kappa shape index (κ2) is 6.28. The van der Waals surface area contributed by atoms with Crippen molar-refractivity contribution in [3.8, 4) is 5.75 Å². The molecule has 1 atom stereocenters. The maximum Gasteiger partial charge on any atom is 0.262 e. The number of rotatable bonds is 3. The highest BCUT2D eigenvalue weighted by atomic mass is 16.5. The fourth-order valence-electron chi connectivity index (χ4n) is 3.10. The van der Waals surface area contributed by atoms with Crippen molar-refractivity contribution in [2.45, 2.75) is 6.17 Å². The number of aromatic nitrogens is 1. The number of pyridine rings is 1. The average molecular weight is 331 g/mol. The van der Waals surface area contributed by atoms with Crippen LogP contribution in [-0.4, -0.2) is 18.0 Å². The lowest BCUT2D eigenvalue weighted by Gasteiger charge is -2.38. The van der Waals surface area contributed by atoms with Crippen LogP contribution < -0.4 is 15.0 Å². The summed E-state index contributed by atoms with van der Waals surface area (Å²) in [5, 5.41) is 3.45. The maximum atomic E-state index is 13.3. The van der Waals surface area contributed by atoms with Gasteiger partial charge < -0.3 is 10.1 Å². The van der Waals surface area contributed by atoms with Crippen LogP contribution in [0, 0.1) is 0 Å². The summed E-state index contributed by atoms with van der Waals surface area (Å²) in [6.45, 7) is 0. The molecule has 1 aliphatic rings. The summed E-state index contributed by atoms with van der Waals surface area (Å²) >= 11 is 0. The summed E-state index contributed by atoms with van der Waals surface area (Å²) in [5.74, 6) is 0.568. The molecule has 0 saturated heterocycles. The van der Waals surface area contributed by atoms with E-state index in [1.165, 1.54) is 0 Å². The number of ether oxygens (including phenoxy) is 1. The van der Waals surface area contributed by atoms with Crippen LogP contribution in [-0.2, 0) is 0 Å². The van der Waals surface area contributed by atoms with E-state index in [9.17, 15) is 4.79 Å². The van der Waals surface area contributed by atoms with E-state index in [4.69, 9.17) is 4.74 Å². The zero-order valence-corrected chi connectivity index (χ0v) is 13.7. The fraction of sp³-hybridized carbons (Fsp3) is 0.100. The Balaban J connectivity index is 1.90. The van der Waals surface area contributed by atoms with Gasteiger partial charge in [-0.1, -0.05) is 30.3 Å². The molecule has 0 saturated carbocycles. The van der Waals surface area contributed by atoms with Gasteiger partial charge in [-0.3, -0.25) is 14.7 Å². The second-order valence-corrected chi connectivity index (χ2v) is 5.73. The second-order valence-electron chi connectivity index (χ2n) is 5.73. The Hall–Kier alpha value is -3.34. The van der Waals surface area contributed by atoms with Gasteiger partial charge in [0.15, 0.2) is 0 Å². The largest absolute Gasteiger partial charge is 0.495 e. The Labute approximate surface area is 145 Å². The molecule has 5 nitrogen and oxygen atoms in total. The summed E-state index contributed by atoms with van der Waals surface area (Å²) in [6, 6.07) is 18.9. The lowest BCUT2D eigenvalue weighted by molar-refractivity contribution is 0.0974. The molecule has 0 spiro atoms. The van der Waals surface area contributed by atoms with E-state index < -0.39 is 0 Å². The van der Waals surface area contributed by atoms with Gasteiger partial charge in [-0.25, -0.2) is 0 Å². The third-order valence-corrected chi connectivity index (χ3v) is 4.27. The average Bonchev–Trinajstić information content (AvgIpc) is 2.68. The molecule has 0 aliphatic carbocycles. The number of nitrogens with zero attached hydrogens (tertiary/aromatic N) is 2. The number of anilines is 2. The van der Waals surface area contributed by atoms with Gasteiger partial charge in [0.2, 0.25) is 0 Å². The first-order valence-electron chi connectivity index (χ1n) is 8.01. The highest BCUT2D eigenvalue weighted by molar-refractivity contribution is 6.12. The van der Waals surface area contributed by atoms with Crippen LogP contribution >= 0.6 is 0 Å². The molecule has 2 heterocycles. The van der Waals surface area contributed by atoms with Gasteiger partial charge in [-0.05, 0) is 30.3 Å². The lowest BCUT2D eigenvalue weighted by atomic mass is 10.0. The van der Waals surface area contributed by atoms with Crippen LogP contribution in [0.15, 0.2) is 73.1 Å². The van der Waals surface area contributed by atoms with Crippen LogP contribution in [0.4, 0.5) is 11.4 Å². The molecule has 124 valence electrons. The van der Waals surface area contributed by atoms with Gasteiger partial charge in [0.05, 0.1) is 18.4 Å². The summed E-state index contributed by atoms with van der Waals surface area (Å²) in [6.07, 6.45) is 3.11. The van der Waals surface area contributed by atoms with Gasteiger partial charge in [-0.2, -0.15) is 0 Å². The van der Waals surface area contributed by atoms with Gasteiger partial charge in [0, 0.05) is 23.6 Å². The number of amides is 1. The molecule has 3 aromatic rings. The number of fused-ring (bicyclic) bond motifs is 1. The number of nitrogens with one attached hydrogen (secondary N) is 1. The van der Waals surface area contributed by atoms with Gasteiger partial charge in [-0.15, -0.1) is 0 Å². The summed E-state index contributed by atoms with van der Waals surface area (Å²) in [5.41, 5.74) is 3.06. The highest BCUT2D eigenvalue weighted by Gasteiger charge is 2.35. The van der Waals surface area contributed by atoms with Crippen LogP contribution in [0.5, 0.6) is 5.75 Å². The first-order chi connectivity index (χ1) is 12.3. The minimum Gasteiger partial charge on any atom is -0.495 e. The Morgan fingerprint density at radius 2 is 1.84 bits per heavy atom. The molecule has 4 rings (SSSR count). The van der Waals surface area contributed by atoms with Gasteiger partial charge >= 0.3 is 0 Å². The Morgan fingerprint density at radius 1 is 1.04 bits per heavy atom. The molecular formula is C20H17N3O2. The van der Waals surface area contributed by atoms with Gasteiger partial charge in [0.1, 0.15) is 11.9 Å². The third-order valence-electron chi connectivity index (χ3n) is 4.27. The molecule has 0 radical (unpaired) electrons. The standard InChI is InChI=1S/C20H17N3O2/c1-25-18-11-5-4-10-17(18)23-19(14-7-6-12-21-13-14)22-16-9-3-2-8-15(16)20(23)24/h2-13,19,22H,1H3. The minimum atomic E-state index is -0.368. The molecule has 1 N–H and O–H groups in total. The number of carbonyl (C=O) groups is 1. The van der Waals surface area contributed by atoms with E-state index in [1.54, 1.807) is 24.4 Å². The summed E-state index contributed by atoms with van der Waals surface area (Å²) < 4.78 is 5.48. The van der Waals surface area contributed by atoms with E-state index in [2.05, 4.69) is 10.3 Å². The van der Waals surface area contributed by atoms with Crippen molar-refractivity contribution in [3.63, 3.8) is 0 Å². The van der Waals surface area contributed by atoms with Crippen LogP contribution in [0.1, 0.15) is 22.1 Å². The predicted molar refractivity (Wildman–Crippen MR) is 96.8 cm³/mol. The van der Waals surface area contributed by atoms with E-state index >= 15 is 0 Å². The molecular weight excluding hydrogens is 314 g/mol. The Bertz CT molecular complexity index is 912. The number of benzene rings is 2. The third kappa shape index (κ3) is 2.59. The van der Waals surface area contributed by atoms with Crippen LogP contribution in [0.3, 0.4) is 0 Å². The molecule has 5 heteroatoms. The number of hydrogen-bond donors (Lipinski definition) is 1. The van der Waals surface area contributed by atoms with Crippen molar-refractivity contribution in [1.29, 1.82) is 0 Å². The van der Waals surface area contributed by atoms with E-state index in [0.29, 0.717) is 17.0 Å². The normalized spacial score (nSPS) is 16.1. The molecule has 2 aromatic carbocycles. The van der Waals surface area contributed by atoms with Crippen LogP contribution in [0.25, 0.3) is 0 Å². The molecule has 1 amide bonds. The first kappa shape index (κ1) is 15.2. The molecule has 1 unspecified atom stereocenters. The fourth-order valence-corrected chi connectivity index (χ4v) is 3.10. The first-order valence-corrected chi connectivity index (χ1v) is 8.01. The minimum absolute atomic E-state index is 0.0762. The number of methoxy groups -OCH3 is 1. The topological polar surface area (TPSA) is 54.5 Å². The summed E-state index contributed by atoms with van der Waals surface area (Å²) in [4.78, 5) is 19.2. The Kier molecular flexibility index (Phi) is 3.82. The van der Waals surface area contributed by atoms with Crippen molar-refractivity contribution in [2.24, 2.45) is 0 Å². The lowest BCUT2D eigenvalue weighted by Crippen LogP contribution is -2.43.